The van der Waals surface area contributed by atoms with Gasteiger partial charge in [-0.2, -0.15) is 0 Å². The molecular formula is C25H27FN2O6S. The summed E-state index contributed by atoms with van der Waals surface area (Å²) in [6.45, 7) is -0.0945. The number of nitrogens with one attached hydrogen (secondary N) is 1. The number of hydrogen-bond donors (Lipinski definition) is 1. The van der Waals surface area contributed by atoms with E-state index in [-0.39, 0.29) is 31.2 Å². The monoisotopic (exact) mass is 502 g/mol. The first-order chi connectivity index (χ1) is 16.7. The smallest absolute Gasteiger partial charge is 0.258 e. The number of carbonyl (C=O) groups excluding carboxylic acids is 1. The van der Waals surface area contributed by atoms with Crippen LogP contribution in [0.4, 0.5) is 10.1 Å². The van der Waals surface area contributed by atoms with E-state index in [1.54, 1.807) is 55.6 Å². The Morgan fingerprint density at radius 3 is 2.29 bits per heavy atom. The topological polar surface area (TPSA) is 94.2 Å². The first-order valence-corrected chi connectivity index (χ1v) is 12.5. The van der Waals surface area contributed by atoms with Crippen molar-refractivity contribution in [3.05, 3.63) is 83.7 Å². The molecule has 0 heterocycles. The number of ether oxygens (including phenoxy) is 3. The lowest BCUT2D eigenvalue weighted by atomic mass is 10.2. The predicted molar refractivity (Wildman–Crippen MR) is 131 cm³/mol. The summed E-state index contributed by atoms with van der Waals surface area (Å²) in [5.74, 6) is 0.724. The molecule has 0 fully saturated rings. The molecule has 0 atom stereocenters. The van der Waals surface area contributed by atoms with Crippen molar-refractivity contribution in [2.75, 3.05) is 31.4 Å². The van der Waals surface area contributed by atoms with Crippen LogP contribution < -0.4 is 23.8 Å². The summed E-state index contributed by atoms with van der Waals surface area (Å²) in [4.78, 5) is 12.2. The van der Waals surface area contributed by atoms with Gasteiger partial charge in [0.25, 0.3) is 5.91 Å². The average Bonchev–Trinajstić information content (AvgIpc) is 2.85. The third-order valence-corrected chi connectivity index (χ3v) is 6.24. The molecule has 8 nitrogen and oxygen atoms in total. The van der Waals surface area contributed by atoms with Crippen molar-refractivity contribution in [1.82, 2.24) is 5.32 Å². The van der Waals surface area contributed by atoms with Gasteiger partial charge >= 0.3 is 0 Å². The van der Waals surface area contributed by atoms with Crippen LogP contribution in [0.5, 0.6) is 17.2 Å². The second kappa shape index (κ2) is 11.6. The molecule has 3 aromatic carbocycles. The standard InChI is InChI=1S/C25H27FN2O6S/c1-32-23-13-8-18(14-24(23)33-2)15-27-25(29)17-34-21-11-9-20(10-12-21)28(35(3,30)31)16-19-6-4-5-7-22(19)26/h4-14H,15-17H2,1-3H3,(H,27,29). The fourth-order valence-corrected chi connectivity index (χ4v) is 4.16. The molecule has 0 aliphatic heterocycles. The molecule has 0 radical (unpaired) electrons. The van der Waals surface area contributed by atoms with Crippen LogP contribution in [0.25, 0.3) is 0 Å². The Morgan fingerprint density at radius 1 is 0.971 bits per heavy atom. The maximum Gasteiger partial charge on any atom is 0.258 e. The van der Waals surface area contributed by atoms with Gasteiger partial charge in [0.15, 0.2) is 18.1 Å². The molecule has 35 heavy (non-hydrogen) atoms. The molecule has 0 aliphatic rings. The lowest BCUT2D eigenvalue weighted by Crippen LogP contribution is -2.29. The molecule has 1 amide bonds. The third kappa shape index (κ3) is 7.10. The molecule has 0 spiro atoms. The minimum atomic E-state index is -3.67. The van der Waals surface area contributed by atoms with E-state index in [1.165, 1.54) is 19.2 Å². The second-order valence-electron chi connectivity index (χ2n) is 7.61. The van der Waals surface area contributed by atoms with Crippen molar-refractivity contribution in [2.24, 2.45) is 0 Å². The van der Waals surface area contributed by atoms with E-state index in [9.17, 15) is 17.6 Å². The number of halogens is 1. The zero-order chi connectivity index (χ0) is 25.4. The van der Waals surface area contributed by atoms with E-state index in [4.69, 9.17) is 14.2 Å². The Hall–Kier alpha value is -3.79. The maximum atomic E-state index is 14.0. The average molecular weight is 503 g/mol. The maximum absolute atomic E-state index is 14.0. The Bertz CT molecular complexity index is 1270. The number of anilines is 1. The summed E-state index contributed by atoms with van der Waals surface area (Å²) in [5.41, 5.74) is 1.43. The summed E-state index contributed by atoms with van der Waals surface area (Å²) < 4.78 is 55.7. The van der Waals surface area contributed by atoms with E-state index in [0.717, 1.165) is 16.1 Å². The van der Waals surface area contributed by atoms with Gasteiger partial charge < -0.3 is 19.5 Å². The van der Waals surface area contributed by atoms with Gasteiger partial charge in [-0.15, -0.1) is 0 Å². The molecule has 1 N–H and O–H groups in total. The van der Waals surface area contributed by atoms with Gasteiger partial charge in [-0.1, -0.05) is 24.3 Å². The molecule has 0 saturated carbocycles. The first-order valence-electron chi connectivity index (χ1n) is 10.6. The number of methoxy groups -OCH3 is 2. The Morgan fingerprint density at radius 2 is 1.66 bits per heavy atom. The van der Waals surface area contributed by atoms with Gasteiger partial charge in [0.1, 0.15) is 11.6 Å². The molecule has 0 bridgehead atoms. The predicted octanol–water partition coefficient (Wildman–Crippen LogP) is 3.50. The number of sulfonamides is 1. The fourth-order valence-electron chi connectivity index (χ4n) is 3.28. The zero-order valence-corrected chi connectivity index (χ0v) is 20.5. The molecule has 0 aromatic heterocycles. The van der Waals surface area contributed by atoms with Crippen molar-refractivity contribution in [1.29, 1.82) is 0 Å². The lowest BCUT2D eigenvalue weighted by molar-refractivity contribution is -0.123. The molecule has 3 aromatic rings. The lowest BCUT2D eigenvalue weighted by Gasteiger charge is -2.23. The van der Waals surface area contributed by atoms with E-state index < -0.39 is 15.8 Å². The number of nitrogens with zero attached hydrogens (tertiary/aromatic N) is 1. The Labute approximate surface area is 204 Å². The molecule has 3 rings (SSSR count). The van der Waals surface area contributed by atoms with E-state index >= 15 is 0 Å². The minimum Gasteiger partial charge on any atom is -0.493 e. The molecule has 186 valence electrons. The number of amides is 1. The molecule has 10 heteroatoms. The first kappa shape index (κ1) is 25.8. The van der Waals surface area contributed by atoms with Crippen molar-refractivity contribution >= 4 is 21.6 Å². The van der Waals surface area contributed by atoms with Crippen LogP contribution in [0.1, 0.15) is 11.1 Å². The number of rotatable bonds is 11. The third-order valence-electron chi connectivity index (χ3n) is 5.10. The van der Waals surface area contributed by atoms with Crippen LogP contribution in [0.3, 0.4) is 0 Å². The van der Waals surface area contributed by atoms with Crippen LogP contribution in [0.2, 0.25) is 0 Å². The zero-order valence-electron chi connectivity index (χ0n) is 19.7. The van der Waals surface area contributed by atoms with Gasteiger partial charge in [0, 0.05) is 12.1 Å². The normalized spacial score (nSPS) is 11.0. The van der Waals surface area contributed by atoms with Crippen LogP contribution in [-0.2, 0) is 27.9 Å². The van der Waals surface area contributed by atoms with Crippen molar-refractivity contribution < 1.29 is 31.8 Å². The van der Waals surface area contributed by atoms with E-state index in [1.807, 2.05) is 6.07 Å². The van der Waals surface area contributed by atoms with Gasteiger partial charge in [0.05, 0.1) is 32.7 Å². The molecular weight excluding hydrogens is 475 g/mol. The summed E-state index contributed by atoms with van der Waals surface area (Å²) in [7, 11) is -0.587. The Kier molecular flexibility index (Phi) is 8.53. The van der Waals surface area contributed by atoms with Gasteiger partial charge in [-0.25, -0.2) is 12.8 Å². The minimum absolute atomic E-state index is 0.149. The van der Waals surface area contributed by atoms with Gasteiger partial charge in [-0.3, -0.25) is 9.10 Å². The van der Waals surface area contributed by atoms with Crippen molar-refractivity contribution in [3.63, 3.8) is 0 Å². The number of benzene rings is 3. The Balaban J connectivity index is 1.58. The quantitative estimate of drug-likeness (QED) is 0.431. The summed E-state index contributed by atoms with van der Waals surface area (Å²) in [5, 5.41) is 2.76. The summed E-state index contributed by atoms with van der Waals surface area (Å²) in [6.07, 6.45) is 1.06. The second-order valence-corrected chi connectivity index (χ2v) is 9.52. The summed E-state index contributed by atoms with van der Waals surface area (Å²) in [6, 6.07) is 17.5. The summed E-state index contributed by atoms with van der Waals surface area (Å²) >= 11 is 0. The van der Waals surface area contributed by atoms with E-state index in [2.05, 4.69) is 5.32 Å². The molecule has 0 saturated heterocycles. The molecule has 0 aliphatic carbocycles. The highest BCUT2D eigenvalue weighted by atomic mass is 32.2. The highest BCUT2D eigenvalue weighted by Crippen LogP contribution is 2.27. The SMILES string of the molecule is COc1ccc(CNC(=O)COc2ccc(N(Cc3ccccc3F)S(C)(=O)=O)cc2)cc1OC. The van der Waals surface area contributed by atoms with Crippen LogP contribution >= 0.6 is 0 Å². The van der Waals surface area contributed by atoms with Gasteiger partial charge in [0.2, 0.25) is 10.0 Å². The van der Waals surface area contributed by atoms with Crippen LogP contribution in [0.15, 0.2) is 66.7 Å². The number of hydrogen-bond acceptors (Lipinski definition) is 6. The number of carbonyl (C=O) groups is 1. The highest BCUT2D eigenvalue weighted by molar-refractivity contribution is 7.92. The fraction of sp³-hybridized carbons (Fsp3) is 0.240. The van der Waals surface area contributed by atoms with Crippen molar-refractivity contribution in [3.8, 4) is 17.2 Å². The van der Waals surface area contributed by atoms with Crippen LogP contribution in [0, 0.1) is 5.82 Å². The largest absolute Gasteiger partial charge is 0.493 e. The highest BCUT2D eigenvalue weighted by Gasteiger charge is 2.19. The van der Waals surface area contributed by atoms with Gasteiger partial charge in [-0.05, 0) is 48.0 Å². The van der Waals surface area contributed by atoms with Crippen LogP contribution in [-0.4, -0.2) is 41.4 Å². The van der Waals surface area contributed by atoms with Crippen molar-refractivity contribution in [2.45, 2.75) is 13.1 Å². The molecule has 0 unspecified atom stereocenters. The van der Waals surface area contributed by atoms with E-state index in [0.29, 0.717) is 22.9 Å².